The van der Waals surface area contributed by atoms with E-state index < -0.39 is 10.7 Å². The van der Waals surface area contributed by atoms with Gasteiger partial charge in [0.05, 0.1) is 16.3 Å². The summed E-state index contributed by atoms with van der Waals surface area (Å²) in [6, 6.07) is 13.0. The predicted molar refractivity (Wildman–Crippen MR) is 103 cm³/mol. The van der Waals surface area contributed by atoms with Crippen LogP contribution >= 0.6 is 11.3 Å². The summed E-state index contributed by atoms with van der Waals surface area (Å²) in [6.07, 6.45) is 1.29. The van der Waals surface area contributed by atoms with E-state index in [-0.39, 0.29) is 16.9 Å². The minimum atomic E-state index is -0.659. The standard InChI is InChI=1S/C19H13FN4O2S/c1-12-2-4-13(5-3-12)18-11-27-19(23-18)14(9-21)10-22-17-8-15(24(25)26)6-7-16(17)20/h2-8,10-11,22H,1H3/b14-10-. The molecule has 2 aromatic carbocycles. The molecule has 0 atom stereocenters. The van der Waals surface area contributed by atoms with Gasteiger partial charge in [-0.3, -0.25) is 10.1 Å². The van der Waals surface area contributed by atoms with Gasteiger partial charge in [-0.15, -0.1) is 11.3 Å². The van der Waals surface area contributed by atoms with Crippen molar-refractivity contribution in [3.05, 3.63) is 80.5 Å². The minimum absolute atomic E-state index is 0.0905. The van der Waals surface area contributed by atoms with Crippen LogP contribution < -0.4 is 5.32 Å². The van der Waals surface area contributed by atoms with Gasteiger partial charge < -0.3 is 5.32 Å². The summed E-state index contributed by atoms with van der Waals surface area (Å²) in [7, 11) is 0. The van der Waals surface area contributed by atoms with Crippen LogP contribution in [0.25, 0.3) is 16.8 Å². The average Bonchev–Trinajstić information content (AvgIpc) is 3.14. The first-order valence-corrected chi connectivity index (χ1v) is 8.69. The van der Waals surface area contributed by atoms with Crippen LogP contribution in [-0.4, -0.2) is 9.91 Å². The zero-order valence-electron chi connectivity index (χ0n) is 14.1. The maximum absolute atomic E-state index is 13.8. The lowest BCUT2D eigenvalue weighted by molar-refractivity contribution is -0.384. The van der Waals surface area contributed by atoms with Gasteiger partial charge >= 0.3 is 0 Å². The second-order valence-corrected chi connectivity index (χ2v) is 6.50. The van der Waals surface area contributed by atoms with Crippen molar-refractivity contribution in [2.75, 3.05) is 5.32 Å². The number of allylic oxidation sites excluding steroid dienone is 1. The molecule has 1 N–H and O–H groups in total. The zero-order chi connectivity index (χ0) is 19.4. The van der Waals surface area contributed by atoms with Gasteiger partial charge in [0.2, 0.25) is 0 Å². The first kappa shape index (κ1) is 18.2. The molecule has 0 fully saturated rings. The number of thiazole rings is 1. The number of rotatable bonds is 5. The highest BCUT2D eigenvalue weighted by Gasteiger charge is 2.12. The number of nitriles is 1. The molecule has 0 bridgehead atoms. The van der Waals surface area contributed by atoms with Gasteiger partial charge in [-0.1, -0.05) is 29.8 Å². The van der Waals surface area contributed by atoms with Crippen LogP contribution in [0.2, 0.25) is 0 Å². The number of non-ortho nitro benzene ring substituents is 1. The molecular formula is C19H13FN4O2S. The Morgan fingerprint density at radius 3 is 2.74 bits per heavy atom. The number of nitrogens with zero attached hydrogens (tertiary/aromatic N) is 3. The molecule has 8 heteroatoms. The molecule has 1 aromatic heterocycles. The van der Waals surface area contributed by atoms with Gasteiger partial charge in [0.1, 0.15) is 22.5 Å². The third kappa shape index (κ3) is 4.16. The smallest absolute Gasteiger partial charge is 0.271 e. The number of nitro benzene ring substituents is 1. The molecule has 0 spiro atoms. The van der Waals surface area contributed by atoms with Crippen molar-refractivity contribution >= 4 is 28.3 Å². The topological polar surface area (TPSA) is 91.8 Å². The Morgan fingerprint density at radius 2 is 2.07 bits per heavy atom. The summed E-state index contributed by atoms with van der Waals surface area (Å²) in [5.74, 6) is -0.659. The Balaban J connectivity index is 1.86. The van der Waals surface area contributed by atoms with Gasteiger partial charge in [0.15, 0.2) is 0 Å². The summed E-state index contributed by atoms with van der Waals surface area (Å²) in [4.78, 5) is 14.6. The van der Waals surface area contributed by atoms with E-state index in [4.69, 9.17) is 0 Å². The molecule has 134 valence electrons. The molecule has 0 aliphatic carbocycles. The molecule has 0 unspecified atom stereocenters. The van der Waals surface area contributed by atoms with Crippen molar-refractivity contribution in [3.63, 3.8) is 0 Å². The van der Waals surface area contributed by atoms with Gasteiger partial charge in [-0.25, -0.2) is 9.37 Å². The molecule has 0 saturated heterocycles. The maximum atomic E-state index is 13.8. The van der Waals surface area contributed by atoms with E-state index in [1.54, 1.807) is 0 Å². The Kier molecular flexibility index (Phi) is 5.24. The Hall–Kier alpha value is -3.57. The summed E-state index contributed by atoms with van der Waals surface area (Å²) in [5.41, 5.74) is 2.66. The second-order valence-electron chi connectivity index (χ2n) is 5.64. The third-order valence-corrected chi connectivity index (χ3v) is 4.61. The van der Waals surface area contributed by atoms with E-state index in [1.165, 1.54) is 17.5 Å². The number of anilines is 1. The SMILES string of the molecule is Cc1ccc(-c2csc(/C(C#N)=C\Nc3cc([N+](=O)[O-])ccc3F)n2)cc1. The van der Waals surface area contributed by atoms with Crippen LogP contribution in [0, 0.1) is 34.2 Å². The molecule has 0 saturated carbocycles. The number of nitrogens with one attached hydrogen (secondary N) is 1. The lowest BCUT2D eigenvalue weighted by Crippen LogP contribution is -1.96. The summed E-state index contributed by atoms with van der Waals surface area (Å²) >= 11 is 1.28. The summed E-state index contributed by atoms with van der Waals surface area (Å²) in [6.45, 7) is 1.99. The number of hydrogen-bond donors (Lipinski definition) is 1. The van der Waals surface area contributed by atoms with E-state index in [0.29, 0.717) is 5.01 Å². The van der Waals surface area contributed by atoms with Crippen molar-refractivity contribution in [2.24, 2.45) is 0 Å². The number of hydrogen-bond acceptors (Lipinski definition) is 6. The number of aromatic nitrogens is 1. The first-order valence-electron chi connectivity index (χ1n) is 7.81. The first-order chi connectivity index (χ1) is 13.0. The Bertz CT molecular complexity index is 1070. The van der Waals surface area contributed by atoms with Gasteiger partial charge in [-0.2, -0.15) is 5.26 Å². The van der Waals surface area contributed by atoms with Crippen molar-refractivity contribution in [2.45, 2.75) is 6.92 Å². The van der Waals surface area contributed by atoms with Crippen LogP contribution in [0.1, 0.15) is 10.6 Å². The Labute approximate surface area is 158 Å². The maximum Gasteiger partial charge on any atom is 0.271 e. The fourth-order valence-electron chi connectivity index (χ4n) is 2.28. The van der Waals surface area contributed by atoms with Crippen LogP contribution in [0.4, 0.5) is 15.8 Å². The van der Waals surface area contributed by atoms with E-state index in [1.807, 2.05) is 42.6 Å². The molecule has 27 heavy (non-hydrogen) atoms. The zero-order valence-corrected chi connectivity index (χ0v) is 15.0. The molecule has 6 nitrogen and oxygen atoms in total. The lowest BCUT2D eigenvalue weighted by atomic mass is 10.1. The van der Waals surface area contributed by atoms with Crippen LogP contribution in [0.3, 0.4) is 0 Å². The number of aryl methyl sites for hydroxylation is 1. The summed E-state index contributed by atoms with van der Waals surface area (Å²) < 4.78 is 13.8. The highest BCUT2D eigenvalue weighted by molar-refractivity contribution is 7.11. The fraction of sp³-hybridized carbons (Fsp3) is 0.0526. The van der Waals surface area contributed by atoms with Crippen LogP contribution in [0.15, 0.2) is 54.0 Å². The van der Waals surface area contributed by atoms with E-state index in [0.717, 1.165) is 35.0 Å². The van der Waals surface area contributed by atoms with E-state index in [9.17, 15) is 19.8 Å². The third-order valence-electron chi connectivity index (χ3n) is 3.74. The quantitative estimate of drug-likeness (QED) is 0.376. The fourth-order valence-corrected chi connectivity index (χ4v) is 3.08. The van der Waals surface area contributed by atoms with Gasteiger partial charge in [0.25, 0.3) is 5.69 Å². The van der Waals surface area contributed by atoms with Gasteiger partial charge in [-0.05, 0) is 13.0 Å². The van der Waals surface area contributed by atoms with Crippen molar-refractivity contribution in [1.82, 2.24) is 4.98 Å². The van der Waals surface area contributed by atoms with Crippen LogP contribution in [0.5, 0.6) is 0 Å². The molecule has 0 amide bonds. The van der Waals surface area contributed by atoms with Crippen LogP contribution in [-0.2, 0) is 0 Å². The Morgan fingerprint density at radius 1 is 1.33 bits per heavy atom. The van der Waals surface area contributed by atoms with E-state index >= 15 is 0 Å². The largest absolute Gasteiger partial charge is 0.358 e. The molecule has 3 aromatic rings. The highest BCUT2D eigenvalue weighted by Crippen LogP contribution is 2.27. The molecule has 1 heterocycles. The molecule has 0 aliphatic heterocycles. The highest BCUT2D eigenvalue weighted by atomic mass is 32.1. The average molecular weight is 380 g/mol. The van der Waals surface area contributed by atoms with Gasteiger partial charge in [0, 0.05) is 29.3 Å². The number of benzene rings is 2. The minimum Gasteiger partial charge on any atom is -0.358 e. The normalized spacial score (nSPS) is 11.1. The molecule has 0 radical (unpaired) electrons. The monoisotopic (exact) mass is 380 g/mol. The molecular weight excluding hydrogens is 367 g/mol. The van der Waals surface area contributed by atoms with Crippen molar-refractivity contribution in [3.8, 4) is 17.3 Å². The van der Waals surface area contributed by atoms with E-state index in [2.05, 4.69) is 10.3 Å². The predicted octanol–water partition coefficient (Wildman–Crippen LogP) is 5.14. The summed E-state index contributed by atoms with van der Waals surface area (Å²) in [5, 5.41) is 25.1. The van der Waals surface area contributed by atoms with Crippen molar-refractivity contribution in [1.29, 1.82) is 5.26 Å². The second kappa shape index (κ2) is 7.76. The van der Waals surface area contributed by atoms with Crippen molar-refractivity contribution < 1.29 is 9.31 Å². The number of nitro groups is 1. The molecule has 0 aliphatic rings. The molecule has 3 rings (SSSR count). The lowest BCUT2D eigenvalue weighted by Gasteiger charge is -2.03. The number of halogens is 1.